The van der Waals surface area contributed by atoms with Crippen molar-refractivity contribution in [1.29, 1.82) is 0 Å². The van der Waals surface area contributed by atoms with E-state index < -0.39 is 0 Å². The number of benzene rings is 1. The number of hydrogen-bond acceptors (Lipinski definition) is 3. The molecule has 100 valence electrons. The van der Waals surface area contributed by atoms with Gasteiger partial charge in [-0.1, -0.05) is 6.07 Å². The summed E-state index contributed by atoms with van der Waals surface area (Å²) in [5.74, 6) is 1.05. The number of H-pyrrole nitrogens is 1. The first-order valence-corrected chi connectivity index (χ1v) is 6.70. The van der Waals surface area contributed by atoms with E-state index in [-0.39, 0.29) is 11.7 Å². The largest absolute Gasteiger partial charge is 0.496 e. The van der Waals surface area contributed by atoms with Gasteiger partial charge in [-0.25, -0.2) is 0 Å². The van der Waals surface area contributed by atoms with Crippen molar-refractivity contribution >= 4 is 16.7 Å². The fourth-order valence-corrected chi connectivity index (χ4v) is 2.81. The van der Waals surface area contributed by atoms with Crippen molar-refractivity contribution in [2.45, 2.75) is 12.8 Å². The Morgan fingerprint density at radius 2 is 2.32 bits per heavy atom. The molecule has 0 bridgehead atoms. The van der Waals surface area contributed by atoms with Crippen molar-refractivity contribution in [3.05, 3.63) is 30.0 Å². The number of piperidine rings is 1. The Labute approximate surface area is 112 Å². The molecular formula is C15H18N2O2. The van der Waals surface area contributed by atoms with Gasteiger partial charge in [0.1, 0.15) is 5.75 Å². The van der Waals surface area contributed by atoms with E-state index in [9.17, 15) is 4.79 Å². The van der Waals surface area contributed by atoms with Crippen LogP contribution >= 0.6 is 0 Å². The second kappa shape index (κ2) is 5.05. The smallest absolute Gasteiger partial charge is 0.169 e. The molecule has 1 aromatic heterocycles. The van der Waals surface area contributed by atoms with Crippen LogP contribution in [-0.4, -0.2) is 31.0 Å². The van der Waals surface area contributed by atoms with E-state index in [1.54, 1.807) is 7.11 Å². The summed E-state index contributed by atoms with van der Waals surface area (Å²) in [6, 6.07) is 5.79. The molecule has 3 rings (SSSR count). The van der Waals surface area contributed by atoms with Gasteiger partial charge in [0.15, 0.2) is 5.78 Å². The monoisotopic (exact) mass is 258 g/mol. The normalized spacial score (nSPS) is 19.5. The second-order valence-corrected chi connectivity index (χ2v) is 4.99. The van der Waals surface area contributed by atoms with Crippen molar-refractivity contribution in [2.24, 2.45) is 5.92 Å². The molecule has 1 atom stereocenters. The zero-order valence-electron chi connectivity index (χ0n) is 11.0. The van der Waals surface area contributed by atoms with Crippen LogP contribution in [0.1, 0.15) is 23.2 Å². The summed E-state index contributed by atoms with van der Waals surface area (Å²) in [4.78, 5) is 15.8. The van der Waals surface area contributed by atoms with Crippen LogP contribution in [0.4, 0.5) is 0 Å². The van der Waals surface area contributed by atoms with Gasteiger partial charge in [-0.2, -0.15) is 0 Å². The highest BCUT2D eigenvalue weighted by Gasteiger charge is 2.25. The van der Waals surface area contributed by atoms with Gasteiger partial charge in [-0.3, -0.25) is 4.79 Å². The van der Waals surface area contributed by atoms with Gasteiger partial charge in [-0.15, -0.1) is 0 Å². The maximum atomic E-state index is 12.6. The first-order chi connectivity index (χ1) is 9.31. The molecule has 0 amide bonds. The number of hydrogen-bond donors (Lipinski definition) is 2. The molecule has 2 heterocycles. The van der Waals surface area contributed by atoms with E-state index in [1.165, 1.54) is 0 Å². The van der Waals surface area contributed by atoms with E-state index in [4.69, 9.17) is 4.74 Å². The van der Waals surface area contributed by atoms with Crippen molar-refractivity contribution in [3.63, 3.8) is 0 Å². The number of aromatic nitrogens is 1. The van der Waals surface area contributed by atoms with E-state index in [1.807, 2.05) is 24.4 Å². The van der Waals surface area contributed by atoms with E-state index in [0.717, 1.165) is 48.1 Å². The van der Waals surface area contributed by atoms with Crippen LogP contribution in [0.3, 0.4) is 0 Å². The Balaban J connectivity index is 2.02. The number of carbonyl (C=O) groups excluding carboxylic acids is 1. The highest BCUT2D eigenvalue weighted by Crippen LogP contribution is 2.30. The molecule has 0 aliphatic carbocycles. The standard InChI is InChI=1S/C15H18N2O2/c1-19-13-6-2-5-12-14(13)11(9-17-12)15(18)10-4-3-7-16-8-10/h2,5-6,9-10,16-17H,3-4,7-8H2,1H3. The van der Waals surface area contributed by atoms with Gasteiger partial charge < -0.3 is 15.0 Å². The first kappa shape index (κ1) is 12.2. The quantitative estimate of drug-likeness (QED) is 0.831. The summed E-state index contributed by atoms with van der Waals surface area (Å²) in [5.41, 5.74) is 1.70. The Morgan fingerprint density at radius 1 is 1.42 bits per heavy atom. The SMILES string of the molecule is COc1cccc2[nH]cc(C(=O)C3CCCNC3)c12. The van der Waals surface area contributed by atoms with Gasteiger partial charge in [0.25, 0.3) is 0 Å². The van der Waals surface area contributed by atoms with Crippen LogP contribution in [0.5, 0.6) is 5.75 Å². The highest BCUT2D eigenvalue weighted by atomic mass is 16.5. The van der Waals surface area contributed by atoms with Gasteiger partial charge >= 0.3 is 0 Å². The fourth-order valence-electron chi connectivity index (χ4n) is 2.81. The summed E-state index contributed by atoms with van der Waals surface area (Å²) >= 11 is 0. The molecule has 0 radical (unpaired) electrons. The molecule has 0 spiro atoms. The van der Waals surface area contributed by atoms with Crippen LogP contribution in [0.2, 0.25) is 0 Å². The number of methoxy groups -OCH3 is 1. The second-order valence-electron chi connectivity index (χ2n) is 4.99. The van der Waals surface area contributed by atoms with Gasteiger partial charge in [-0.05, 0) is 31.5 Å². The predicted molar refractivity (Wildman–Crippen MR) is 74.8 cm³/mol. The van der Waals surface area contributed by atoms with Gasteiger partial charge in [0.05, 0.1) is 12.5 Å². The Kier molecular flexibility index (Phi) is 3.25. The molecule has 1 fully saturated rings. The number of Topliss-reactive ketones (excluding diaryl/α,β-unsaturated/α-hetero) is 1. The Morgan fingerprint density at radius 3 is 3.05 bits per heavy atom. The lowest BCUT2D eigenvalue weighted by Gasteiger charge is -2.21. The zero-order valence-corrected chi connectivity index (χ0v) is 11.0. The summed E-state index contributed by atoms with van der Waals surface area (Å²) in [6.07, 6.45) is 3.84. The number of aromatic amines is 1. The molecule has 1 aliphatic heterocycles. The van der Waals surface area contributed by atoms with Gasteiger partial charge in [0, 0.05) is 29.7 Å². The Bertz CT molecular complexity index is 597. The minimum absolute atomic E-state index is 0.0812. The lowest BCUT2D eigenvalue weighted by molar-refractivity contribution is 0.0901. The summed E-state index contributed by atoms with van der Waals surface area (Å²) in [5, 5.41) is 4.20. The van der Waals surface area contributed by atoms with Crippen molar-refractivity contribution in [3.8, 4) is 5.75 Å². The molecule has 4 nitrogen and oxygen atoms in total. The first-order valence-electron chi connectivity index (χ1n) is 6.70. The zero-order chi connectivity index (χ0) is 13.2. The molecule has 0 saturated carbocycles. The van der Waals surface area contributed by atoms with Crippen LogP contribution in [0, 0.1) is 5.92 Å². The maximum absolute atomic E-state index is 12.6. The molecule has 2 N–H and O–H groups in total. The van der Waals surface area contributed by atoms with Gasteiger partial charge in [0.2, 0.25) is 0 Å². The van der Waals surface area contributed by atoms with Crippen molar-refractivity contribution in [2.75, 3.05) is 20.2 Å². The highest BCUT2D eigenvalue weighted by molar-refractivity contribution is 6.11. The minimum Gasteiger partial charge on any atom is -0.496 e. The fraction of sp³-hybridized carbons (Fsp3) is 0.400. The number of rotatable bonds is 3. The number of ether oxygens (including phenoxy) is 1. The third kappa shape index (κ3) is 2.12. The number of carbonyl (C=O) groups is 1. The maximum Gasteiger partial charge on any atom is 0.169 e. The molecule has 19 heavy (non-hydrogen) atoms. The predicted octanol–water partition coefficient (Wildman–Crippen LogP) is 2.36. The summed E-state index contributed by atoms with van der Waals surface area (Å²) < 4.78 is 5.38. The topological polar surface area (TPSA) is 54.1 Å². The molecule has 1 unspecified atom stereocenters. The summed E-state index contributed by atoms with van der Waals surface area (Å²) in [6.45, 7) is 1.79. The van der Waals surface area contributed by atoms with Crippen molar-refractivity contribution < 1.29 is 9.53 Å². The molecule has 1 aromatic carbocycles. The minimum atomic E-state index is 0.0812. The van der Waals surface area contributed by atoms with E-state index in [0.29, 0.717) is 0 Å². The number of ketones is 1. The van der Waals surface area contributed by atoms with Crippen LogP contribution in [0.25, 0.3) is 10.9 Å². The summed E-state index contributed by atoms with van der Waals surface area (Å²) in [7, 11) is 1.64. The Hall–Kier alpha value is -1.81. The molecular weight excluding hydrogens is 240 g/mol. The third-order valence-corrected chi connectivity index (χ3v) is 3.82. The molecule has 1 saturated heterocycles. The van der Waals surface area contributed by atoms with Crippen molar-refractivity contribution in [1.82, 2.24) is 10.3 Å². The lowest BCUT2D eigenvalue weighted by atomic mass is 9.90. The number of fused-ring (bicyclic) bond motifs is 1. The molecule has 2 aromatic rings. The van der Waals surface area contributed by atoms with Crippen LogP contribution in [0.15, 0.2) is 24.4 Å². The average molecular weight is 258 g/mol. The van der Waals surface area contributed by atoms with Crippen LogP contribution in [-0.2, 0) is 0 Å². The van der Waals surface area contributed by atoms with Crippen LogP contribution < -0.4 is 10.1 Å². The number of nitrogens with one attached hydrogen (secondary N) is 2. The molecule has 4 heteroatoms. The average Bonchev–Trinajstić information content (AvgIpc) is 2.91. The lowest BCUT2D eigenvalue weighted by Crippen LogP contribution is -2.34. The third-order valence-electron chi connectivity index (χ3n) is 3.82. The van der Waals surface area contributed by atoms with E-state index in [2.05, 4.69) is 10.3 Å². The van der Waals surface area contributed by atoms with E-state index >= 15 is 0 Å². The molecule has 1 aliphatic rings.